The van der Waals surface area contributed by atoms with Crippen molar-refractivity contribution in [2.24, 2.45) is 11.1 Å². The van der Waals surface area contributed by atoms with E-state index in [9.17, 15) is 10.2 Å². The molecule has 4 N–H and O–H groups in total. The third-order valence-corrected chi connectivity index (χ3v) is 5.29. The molecule has 112 valence electrons. The quantitative estimate of drug-likeness (QED) is 0.771. The van der Waals surface area contributed by atoms with Gasteiger partial charge in [-0.05, 0) is 37.5 Å². The Labute approximate surface area is 120 Å². The minimum absolute atomic E-state index is 0.426. The van der Waals surface area contributed by atoms with Gasteiger partial charge in [-0.2, -0.15) is 0 Å². The van der Waals surface area contributed by atoms with Crippen molar-refractivity contribution in [3.63, 3.8) is 0 Å². The van der Waals surface area contributed by atoms with Crippen LogP contribution in [0, 0.1) is 5.41 Å². The van der Waals surface area contributed by atoms with Crippen molar-refractivity contribution in [3.05, 3.63) is 29.8 Å². The van der Waals surface area contributed by atoms with Gasteiger partial charge in [-0.3, -0.25) is 0 Å². The van der Waals surface area contributed by atoms with Gasteiger partial charge in [-0.1, -0.05) is 26.0 Å². The molecule has 1 aliphatic carbocycles. The first-order chi connectivity index (χ1) is 9.16. The number of aliphatic hydroxyl groups is 2. The summed E-state index contributed by atoms with van der Waals surface area (Å²) in [5, 5.41) is 22.1. The molecule has 1 aliphatic rings. The zero-order valence-corrected chi connectivity index (χ0v) is 12.7. The van der Waals surface area contributed by atoms with E-state index in [4.69, 9.17) is 10.5 Å². The van der Waals surface area contributed by atoms with E-state index in [0.29, 0.717) is 24.2 Å². The summed E-state index contributed by atoms with van der Waals surface area (Å²) in [5.41, 5.74) is 3.86. The zero-order chi connectivity index (χ0) is 15.2. The summed E-state index contributed by atoms with van der Waals surface area (Å²) < 4.78 is 5.23. The van der Waals surface area contributed by atoms with Crippen LogP contribution in [-0.4, -0.2) is 29.0 Å². The van der Waals surface area contributed by atoms with Crippen LogP contribution < -0.4 is 10.5 Å². The van der Waals surface area contributed by atoms with Gasteiger partial charge in [0, 0.05) is 11.5 Å². The van der Waals surface area contributed by atoms with Gasteiger partial charge in [0.1, 0.15) is 11.4 Å². The van der Waals surface area contributed by atoms with Crippen LogP contribution in [0.15, 0.2) is 24.3 Å². The standard InChI is InChI=1S/C16H25NO3/c1-14(2)15(3,18)9-8-13(17)16(14,19)11-6-5-7-12(10-11)20-4/h5-7,10,13,18-19H,8-9,17H2,1-4H3/t13-,15-,16+/m0/s1. The highest BCUT2D eigenvalue weighted by molar-refractivity contribution is 5.36. The third kappa shape index (κ3) is 1.94. The molecule has 3 atom stereocenters. The van der Waals surface area contributed by atoms with Gasteiger partial charge in [0.05, 0.1) is 12.7 Å². The van der Waals surface area contributed by atoms with Crippen molar-refractivity contribution < 1.29 is 14.9 Å². The Morgan fingerprint density at radius 3 is 2.50 bits per heavy atom. The number of hydrogen-bond acceptors (Lipinski definition) is 4. The van der Waals surface area contributed by atoms with Crippen LogP contribution in [0.3, 0.4) is 0 Å². The molecule has 0 unspecified atom stereocenters. The molecule has 0 heterocycles. The molecule has 4 heteroatoms. The summed E-state index contributed by atoms with van der Waals surface area (Å²) >= 11 is 0. The van der Waals surface area contributed by atoms with E-state index in [-0.39, 0.29) is 0 Å². The van der Waals surface area contributed by atoms with Gasteiger partial charge in [0.15, 0.2) is 0 Å². The van der Waals surface area contributed by atoms with Gasteiger partial charge >= 0.3 is 0 Å². The van der Waals surface area contributed by atoms with Crippen LogP contribution in [0.25, 0.3) is 0 Å². The lowest BCUT2D eigenvalue weighted by Crippen LogP contribution is -2.66. The molecule has 1 aromatic carbocycles. The van der Waals surface area contributed by atoms with Crippen molar-refractivity contribution >= 4 is 0 Å². The predicted molar refractivity (Wildman–Crippen MR) is 78.5 cm³/mol. The summed E-state index contributed by atoms with van der Waals surface area (Å²) in [7, 11) is 1.59. The Balaban J connectivity index is 2.59. The number of methoxy groups -OCH3 is 1. The molecular formula is C16H25NO3. The van der Waals surface area contributed by atoms with E-state index in [1.165, 1.54) is 0 Å². The molecule has 0 aromatic heterocycles. The zero-order valence-electron chi connectivity index (χ0n) is 12.7. The second-order valence-corrected chi connectivity index (χ2v) is 6.54. The van der Waals surface area contributed by atoms with Crippen LogP contribution >= 0.6 is 0 Å². The van der Waals surface area contributed by atoms with Crippen LogP contribution in [0.1, 0.15) is 39.2 Å². The third-order valence-electron chi connectivity index (χ3n) is 5.29. The molecule has 0 saturated heterocycles. The van der Waals surface area contributed by atoms with Crippen molar-refractivity contribution in [3.8, 4) is 5.75 Å². The highest BCUT2D eigenvalue weighted by Crippen LogP contribution is 2.54. The Bertz CT molecular complexity index is 498. The average Bonchev–Trinajstić information content (AvgIpc) is 2.42. The maximum absolute atomic E-state index is 11.4. The fraction of sp³-hybridized carbons (Fsp3) is 0.625. The molecule has 0 radical (unpaired) electrons. The number of benzene rings is 1. The van der Waals surface area contributed by atoms with Crippen LogP contribution in [0.2, 0.25) is 0 Å². The average molecular weight is 279 g/mol. The normalized spacial score (nSPS) is 36.6. The van der Waals surface area contributed by atoms with Gasteiger partial charge in [-0.25, -0.2) is 0 Å². The first kappa shape index (κ1) is 15.3. The summed E-state index contributed by atoms with van der Waals surface area (Å²) in [6, 6.07) is 6.86. The van der Waals surface area contributed by atoms with E-state index in [0.717, 1.165) is 0 Å². The van der Waals surface area contributed by atoms with Crippen LogP contribution in [-0.2, 0) is 5.60 Å². The van der Waals surface area contributed by atoms with Gasteiger partial charge < -0.3 is 20.7 Å². The monoisotopic (exact) mass is 279 g/mol. The molecule has 0 spiro atoms. The van der Waals surface area contributed by atoms with E-state index >= 15 is 0 Å². The smallest absolute Gasteiger partial charge is 0.119 e. The maximum atomic E-state index is 11.4. The molecular weight excluding hydrogens is 254 g/mol. The second kappa shape index (κ2) is 4.72. The lowest BCUT2D eigenvalue weighted by molar-refractivity contribution is -0.216. The SMILES string of the molecule is COc1cccc([C@@]2(O)[C@@H](N)CC[C@](C)(O)C2(C)C)c1. The molecule has 1 saturated carbocycles. The largest absolute Gasteiger partial charge is 0.497 e. The molecule has 0 amide bonds. The summed E-state index contributed by atoms with van der Waals surface area (Å²) in [6.45, 7) is 5.50. The van der Waals surface area contributed by atoms with E-state index < -0.39 is 22.7 Å². The summed E-state index contributed by atoms with van der Waals surface area (Å²) in [4.78, 5) is 0. The lowest BCUT2D eigenvalue weighted by atomic mass is 9.54. The van der Waals surface area contributed by atoms with Gasteiger partial charge in [0.2, 0.25) is 0 Å². The van der Waals surface area contributed by atoms with Crippen molar-refractivity contribution in [1.82, 2.24) is 0 Å². The Morgan fingerprint density at radius 2 is 1.90 bits per heavy atom. The summed E-state index contributed by atoms with van der Waals surface area (Å²) in [5.74, 6) is 0.671. The van der Waals surface area contributed by atoms with Crippen molar-refractivity contribution in [2.45, 2.75) is 50.9 Å². The van der Waals surface area contributed by atoms with Crippen molar-refractivity contribution in [2.75, 3.05) is 7.11 Å². The Kier molecular flexibility index (Phi) is 3.61. The minimum Gasteiger partial charge on any atom is -0.497 e. The Morgan fingerprint density at radius 1 is 1.25 bits per heavy atom. The van der Waals surface area contributed by atoms with Gasteiger partial charge in [-0.15, -0.1) is 0 Å². The number of rotatable bonds is 2. The fourth-order valence-electron chi connectivity index (χ4n) is 3.27. The lowest BCUT2D eigenvalue weighted by Gasteiger charge is -2.57. The molecule has 4 nitrogen and oxygen atoms in total. The minimum atomic E-state index is -1.30. The highest BCUT2D eigenvalue weighted by atomic mass is 16.5. The van der Waals surface area contributed by atoms with Gasteiger partial charge in [0.25, 0.3) is 0 Å². The summed E-state index contributed by atoms with van der Waals surface area (Å²) in [6.07, 6.45) is 1.15. The van der Waals surface area contributed by atoms with E-state index in [2.05, 4.69) is 0 Å². The number of hydrogen-bond donors (Lipinski definition) is 3. The van der Waals surface area contributed by atoms with Crippen molar-refractivity contribution in [1.29, 1.82) is 0 Å². The molecule has 20 heavy (non-hydrogen) atoms. The second-order valence-electron chi connectivity index (χ2n) is 6.54. The molecule has 0 bridgehead atoms. The molecule has 2 rings (SSSR count). The highest BCUT2D eigenvalue weighted by Gasteiger charge is 2.60. The number of nitrogens with two attached hydrogens (primary N) is 1. The predicted octanol–water partition coefficient (Wildman–Crippen LogP) is 1.78. The fourth-order valence-corrected chi connectivity index (χ4v) is 3.27. The van der Waals surface area contributed by atoms with Crippen LogP contribution in [0.5, 0.6) is 5.75 Å². The van der Waals surface area contributed by atoms with E-state index in [1.54, 1.807) is 20.1 Å². The molecule has 0 aliphatic heterocycles. The first-order valence-electron chi connectivity index (χ1n) is 7.01. The Hall–Kier alpha value is -1.10. The molecule has 1 fully saturated rings. The number of ether oxygens (including phenoxy) is 1. The first-order valence-corrected chi connectivity index (χ1v) is 7.01. The van der Waals surface area contributed by atoms with Crippen LogP contribution in [0.4, 0.5) is 0 Å². The molecule has 1 aromatic rings. The maximum Gasteiger partial charge on any atom is 0.119 e. The van der Waals surface area contributed by atoms with E-state index in [1.807, 2.05) is 32.0 Å². The topological polar surface area (TPSA) is 75.7 Å².